The monoisotopic (exact) mass is 198 g/mol. The summed E-state index contributed by atoms with van der Waals surface area (Å²) < 4.78 is 0. The number of piperidine rings is 1. The molecule has 0 amide bonds. The highest BCUT2D eigenvalue weighted by Crippen LogP contribution is 2.42. The van der Waals surface area contributed by atoms with Gasteiger partial charge in [0.15, 0.2) is 0 Å². The lowest BCUT2D eigenvalue weighted by Crippen LogP contribution is -2.28. The van der Waals surface area contributed by atoms with Gasteiger partial charge in [-0.05, 0) is 42.9 Å². The van der Waals surface area contributed by atoms with Crippen LogP contribution in [0.5, 0.6) is 0 Å². The van der Waals surface area contributed by atoms with Crippen molar-refractivity contribution in [2.45, 2.75) is 31.3 Å². The zero-order valence-electron chi connectivity index (χ0n) is 8.61. The summed E-state index contributed by atoms with van der Waals surface area (Å²) in [5.41, 5.74) is 2.10. The summed E-state index contributed by atoms with van der Waals surface area (Å²) in [6.45, 7) is 0. The van der Waals surface area contributed by atoms with E-state index in [-0.39, 0.29) is 0 Å². The Balaban J connectivity index is 1.85. The Kier molecular flexibility index (Phi) is 2.00. The Hall–Kier alpha value is -1.33. The predicted octanol–water partition coefficient (Wildman–Crippen LogP) is 2.37. The van der Waals surface area contributed by atoms with Crippen molar-refractivity contribution in [2.24, 2.45) is 5.92 Å². The molecule has 2 heteroatoms. The van der Waals surface area contributed by atoms with E-state index in [1.54, 1.807) is 0 Å². The van der Waals surface area contributed by atoms with E-state index in [4.69, 9.17) is 5.26 Å². The van der Waals surface area contributed by atoms with Crippen molar-refractivity contribution in [3.05, 3.63) is 35.4 Å². The molecule has 3 rings (SSSR count). The summed E-state index contributed by atoms with van der Waals surface area (Å²) >= 11 is 0. The second-order valence-electron chi connectivity index (χ2n) is 4.65. The van der Waals surface area contributed by atoms with Crippen LogP contribution in [0.25, 0.3) is 0 Å². The van der Waals surface area contributed by atoms with E-state index in [1.807, 2.05) is 12.1 Å². The highest BCUT2D eigenvalue weighted by Gasteiger charge is 2.39. The number of benzene rings is 1. The number of nitrogens with zero attached hydrogens (tertiary/aromatic N) is 1. The summed E-state index contributed by atoms with van der Waals surface area (Å²) in [5, 5.41) is 12.4. The molecule has 0 radical (unpaired) electrons. The third-order valence-electron chi connectivity index (χ3n) is 3.76. The Morgan fingerprint density at radius 1 is 1.20 bits per heavy atom. The van der Waals surface area contributed by atoms with Crippen molar-refractivity contribution < 1.29 is 0 Å². The summed E-state index contributed by atoms with van der Waals surface area (Å²) in [5.74, 6) is 0.822. The minimum absolute atomic E-state index is 0.538. The third-order valence-corrected chi connectivity index (χ3v) is 3.76. The molecule has 0 spiro atoms. The van der Waals surface area contributed by atoms with Gasteiger partial charge in [0.25, 0.3) is 0 Å². The van der Waals surface area contributed by atoms with Crippen molar-refractivity contribution >= 4 is 0 Å². The maximum atomic E-state index is 8.73. The van der Waals surface area contributed by atoms with Gasteiger partial charge < -0.3 is 5.32 Å². The van der Waals surface area contributed by atoms with Crippen molar-refractivity contribution in [3.63, 3.8) is 0 Å². The van der Waals surface area contributed by atoms with Crippen molar-refractivity contribution in [1.29, 1.82) is 5.26 Å². The Labute approximate surface area is 89.9 Å². The lowest BCUT2D eigenvalue weighted by atomic mass is 9.93. The molecule has 1 N–H and O–H groups in total. The Morgan fingerprint density at radius 2 is 2.00 bits per heavy atom. The molecule has 2 nitrogen and oxygen atoms in total. The fraction of sp³-hybridized carbons (Fsp3) is 0.462. The molecule has 1 aromatic carbocycles. The summed E-state index contributed by atoms with van der Waals surface area (Å²) in [6, 6.07) is 11.5. The standard InChI is InChI=1S/C13H14N2/c14-8-9-1-3-10(4-2-9)13-11-5-6-12(7-11)15-13/h1-4,11-13,15H,5-7H2. The average Bonchev–Trinajstić information content (AvgIpc) is 2.91. The van der Waals surface area contributed by atoms with E-state index in [9.17, 15) is 0 Å². The number of fused-ring (bicyclic) bond motifs is 2. The van der Waals surface area contributed by atoms with Gasteiger partial charge in [-0.25, -0.2) is 0 Å². The van der Waals surface area contributed by atoms with E-state index in [0.717, 1.165) is 17.5 Å². The molecule has 1 aliphatic carbocycles. The minimum atomic E-state index is 0.538. The zero-order chi connectivity index (χ0) is 10.3. The van der Waals surface area contributed by atoms with Crippen LogP contribution in [0.2, 0.25) is 0 Å². The van der Waals surface area contributed by atoms with Crippen LogP contribution >= 0.6 is 0 Å². The molecule has 1 aromatic rings. The first-order chi connectivity index (χ1) is 7.36. The lowest BCUT2D eigenvalue weighted by Gasteiger charge is -2.23. The molecule has 76 valence electrons. The van der Waals surface area contributed by atoms with Gasteiger partial charge >= 0.3 is 0 Å². The van der Waals surface area contributed by atoms with Gasteiger partial charge in [0, 0.05) is 12.1 Å². The van der Waals surface area contributed by atoms with Crippen molar-refractivity contribution in [1.82, 2.24) is 5.32 Å². The normalized spacial score (nSPS) is 32.9. The van der Waals surface area contributed by atoms with Crippen LogP contribution in [0.4, 0.5) is 0 Å². The van der Waals surface area contributed by atoms with Gasteiger partial charge in [0.05, 0.1) is 11.6 Å². The van der Waals surface area contributed by atoms with Crippen LogP contribution < -0.4 is 5.32 Å². The molecule has 1 aliphatic heterocycles. The van der Waals surface area contributed by atoms with E-state index in [2.05, 4.69) is 23.5 Å². The van der Waals surface area contributed by atoms with E-state index < -0.39 is 0 Å². The number of nitriles is 1. The lowest BCUT2D eigenvalue weighted by molar-refractivity contribution is 0.392. The van der Waals surface area contributed by atoms with Crippen LogP contribution in [0.1, 0.15) is 36.4 Å². The average molecular weight is 198 g/mol. The maximum Gasteiger partial charge on any atom is 0.0991 e. The molecular weight excluding hydrogens is 184 g/mol. The molecular formula is C13H14N2. The summed E-state index contributed by atoms with van der Waals surface area (Å²) in [4.78, 5) is 0. The fourth-order valence-electron chi connectivity index (χ4n) is 2.99. The topological polar surface area (TPSA) is 35.8 Å². The van der Waals surface area contributed by atoms with Crippen molar-refractivity contribution in [3.8, 4) is 6.07 Å². The second-order valence-corrected chi connectivity index (χ2v) is 4.65. The first kappa shape index (κ1) is 8.94. The van der Waals surface area contributed by atoms with Crippen LogP contribution in [0, 0.1) is 17.2 Å². The van der Waals surface area contributed by atoms with E-state index in [1.165, 1.54) is 24.8 Å². The van der Waals surface area contributed by atoms with Gasteiger partial charge in [-0.2, -0.15) is 5.26 Å². The number of rotatable bonds is 1. The largest absolute Gasteiger partial charge is 0.307 e. The molecule has 3 unspecified atom stereocenters. The summed E-state index contributed by atoms with van der Waals surface area (Å²) in [6.07, 6.45) is 4.05. The summed E-state index contributed by atoms with van der Waals surface area (Å²) in [7, 11) is 0. The minimum Gasteiger partial charge on any atom is -0.307 e. The van der Waals surface area contributed by atoms with Gasteiger partial charge in [-0.1, -0.05) is 12.1 Å². The molecule has 1 saturated heterocycles. The number of nitrogens with one attached hydrogen (secondary N) is 1. The molecule has 1 heterocycles. The van der Waals surface area contributed by atoms with Crippen LogP contribution in [-0.2, 0) is 0 Å². The van der Waals surface area contributed by atoms with Gasteiger partial charge in [-0.15, -0.1) is 0 Å². The second kappa shape index (κ2) is 3.36. The molecule has 3 atom stereocenters. The smallest absolute Gasteiger partial charge is 0.0991 e. The fourth-order valence-corrected chi connectivity index (χ4v) is 2.99. The van der Waals surface area contributed by atoms with Gasteiger partial charge in [0.1, 0.15) is 0 Å². The number of hydrogen-bond acceptors (Lipinski definition) is 2. The first-order valence-electron chi connectivity index (χ1n) is 5.63. The zero-order valence-corrected chi connectivity index (χ0v) is 8.61. The predicted molar refractivity (Wildman–Crippen MR) is 58.2 cm³/mol. The quantitative estimate of drug-likeness (QED) is 0.752. The molecule has 2 bridgehead atoms. The molecule has 2 aliphatic rings. The molecule has 2 fully saturated rings. The Morgan fingerprint density at radius 3 is 2.53 bits per heavy atom. The SMILES string of the molecule is N#Cc1ccc(C2NC3CCC2C3)cc1. The highest BCUT2D eigenvalue weighted by atomic mass is 15.0. The first-order valence-corrected chi connectivity index (χ1v) is 5.63. The third kappa shape index (κ3) is 1.44. The molecule has 0 aromatic heterocycles. The van der Waals surface area contributed by atoms with Crippen LogP contribution in [0.3, 0.4) is 0 Å². The molecule has 15 heavy (non-hydrogen) atoms. The highest BCUT2D eigenvalue weighted by molar-refractivity contribution is 5.33. The molecule has 1 saturated carbocycles. The van der Waals surface area contributed by atoms with Crippen LogP contribution in [0.15, 0.2) is 24.3 Å². The van der Waals surface area contributed by atoms with Crippen LogP contribution in [-0.4, -0.2) is 6.04 Å². The van der Waals surface area contributed by atoms with Crippen molar-refractivity contribution in [2.75, 3.05) is 0 Å². The Bertz CT molecular complexity index is 402. The van der Waals surface area contributed by atoms with Gasteiger partial charge in [-0.3, -0.25) is 0 Å². The number of hydrogen-bond donors (Lipinski definition) is 1. The maximum absolute atomic E-state index is 8.73. The van der Waals surface area contributed by atoms with Gasteiger partial charge in [0.2, 0.25) is 0 Å². The van der Waals surface area contributed by atoms with E-state index in [0.29, 0.717) is 6.04 Å². The van der Waals surface area contributed by atoms with E-state index >= 15 is 0 Å².